The zero-order valence-corrected chi connectivity index (χ0v) is 12.3. The van der Waals surface area contributed by atoms with Crippen LogP contribution in [-0.4, -0.2) is 31.4 Å². The van der Waals surface area contributed by atoms with E-state index in [1.807, 2.05) is 6.07 Å². The summed E-state index contributed by atoms with van der Waals surface area (Å²) in [7, 11) is -3.52. The Hall–Kier alpha value is -2.12. The second-order valence-corrected chi connectivity index (χ2v) is 6.51. The summed E-state index contributed by atoms with van der Waals surface area (Å²) in [6.45, 7) is -0.248. The Bertz CT molecular complexity index is 681. The first kappa shape index (κ1) is 15.3. The van der Waals surface area contributed by atoms with Gasteiger partial charge in [-0.2, -0.15) is 4.31 Å². The predicted molar refractivity (Wildman–Crippen MR) is 79.0 cm³/mol. The molecule has 0 saturated carbocycles. The molecule has 1 heterocycles. The van der Waals surface area contributed by atoms with Crippen LogP contribution in [0.25, 0.3) is 0 Å². The van der Waals surface area contributed by atoms with Crippen LogP contribution in [0.2, 0.25) is 0 Å². The summed E-state index contributed by atoms with van der Waals surface area (Å²) in [6.07, 6.45) is 2.52. The number of carbonyl (C=O) groups excluding carboxylic acids is 1. The second-order valence-electron chi connectivity index (χ2n) is 4.52. The van der Waals surface area contributed by atoms with Gasteiger partial charge >= 0.3 is 0 Å². The fraction of sp³-hybridized carbons (Fsp3) is 0.214. The number of nitrogens with zero attached hydrogens (tertiary/aromatic N) is 1. The van der Waals surface area contributed by atoms with Gasteiger partial charge in [0.1, 0.15) is 5.76 Å². The number of furan rings is 1. The van der Waals surface area contributed by atoms with Crippen molar-refractivity contribution < 1.29 is 17.6 Å². The molecule has 1 aromatic heterocycles. The monoisotopic (exact) mass is 308 g/mol. The number of carbonyl (C=O) groups is 1. The number of sulfonamides is 1. The van der Waals surface area contributed by atoms with Gasteiger partial charge in [0, 0.05) is 5.69 Å². The van der Waals surface area contributed by atoms with Gasteiger partial charge in [-0.05, 0) is 24.3 Å². The van der Waals surface area contributed by atoms with Gasteiger partial charge in [-0.15, -0.1) is 0 Å². The highest BCUT2D eigenvalue weighted by Crippen LogP contribution is 2.10. The zero-order valence-electron chi connectivity index (χ0n) is 11.5. The third-order valence-corrected chi connectivity index (χ3v) is 3.96. The molecule has 112 valence electrons. The van der Waals surface area contributed by atoms with E-state index in [0.29, 0.717) is 11.4 Å². The fourth-order valence-corrected chi connectivity index (χ4v) is 2.46. The Labute approximate surface area is 123 Å². The summed E-state index contributed by atoms with van der Waals surface area (Å²) in [6, 6.07) is 12.2. The van der Waals surface area contributed by atoms with E-state index in [-0.39, 0.29) is 13.1 Å². The topological polar surface area (TPSA) is 79.6 Å². The van der Waals surface area contributed by atoms with Gasteiger partial charge < -0.3 is 9.73 Å². The molecule has 1 amide bonds. The Kier molecular flexibility index (Phi) is 4.77. The molecule has 0 atom stereocenters. The summed E-state index contributed by atoms with van der Waals surface area (Å²) in [5.41, 5.74) is 0.619. The number of benzene rings is 1. The molecule has 0 fully saturated rings. The molecule has 21 heavy (non-hydrogen) atoms. The van der Waals surface area contributed by atoms with E-state index in [1.54, 1.807) is 36.4 Å². The van der Waals surface area contributed by atoms with Crippen molar-refractivity contribution in [3.05, 3.63) is 54.5 Å². The standard InChI is InChI=1S/C14H16N2O4S/c1-21(18,19)16(10-13-8-5-9-20-13)11-14(17)15-12-6-3-2-4-7-12/h2-9H,10-11H2,1H3,(H,15,17). The summed E-state index contributed by atoms with van der Waals surface area (Å²) < 4.78 is 29.7. The van der Waals surface area contributed by atoms with Crippen LogP contribution >= 0.6 is 0 Å². The van der Waals surface area contributed by atoms with Crippen LogP contribution in [0.15, 0.2) is 53.1 Å². The Balaban J connectivity index is 2.03. The molecule has 1 aromatic carbocycles. The molecule has 0 aliphatic carbocycles. The first-order valence-electron chi connectivity index (χ1n) is 6.27. The molecule has 0 aliphatic rings. The number of anilines is 1. The van der Waals surface area contributed by atoms with Crippen LogP contribution in [0.3, 0.4) is 0 Å². The first-order valence-corrected chi connectivity index (χ1v) is 8.12. The van der Waals surface area contributed by atoms with Gasteiger partial charge in [0.05, 0.1) is 25.6 Å². The smallest absolute Gasteiger partial charge is 0.239 e. The van der Waals surface area contributed by atoms with Crippen molar-refractivity contribution in [2.45, 2.75) is 6.54 Å². The molecule has 2 aromatic rings. The lowest BCUT2D eigenvalue weighted by Crippen LogP contribution is -2.36. The maximum atomic E-state index is 12.0. The molecule has 0 radical (unpaired) electrons. The molecular formula is C14H16N2O4S. The van der Waals surface area contributed by atoms with E-state index in [9.17, 15) is 13.2 Å². The van der Waals surface area contributed by atoms with E-state index < -0.39 is 15.9 Å². The average molecular weight is 308 g/mol. The predicted octanol–water partition coefficient (Wildman–Crippen LogP) is 1.68. The van der Waals surface area contributed by atoms with Crippen LogP contribution in [0.4, 0.5) is 5.69 Å². The normalized spacial score (nSPS) is 11.5. The third kappa shape index (κ3) is 4.73. The van der Waals surface area contributed by atoms with Crippen molar-refractivity contribution >= 4 is 21.6 Å². The number of rotatable bonds is 6. The molecule has 0 aliphatic heterocycles. The van der Waals surface area contributed by atoms with Crippen molar-refractivity contribution in [1.29, 1.82) is 0 Å². The van der Waals surface area contributed by atoms with Gasteiger partial charge in [-0.3, -0.25) is 4.79 Å². The summed E-state index contributed by atoms with van der Waals surface area (Å²) in [4.78, 5) is 12.0. The lowest BCUT2D eigenvalue weighted by molar-refractivity contribution is -0.116. The number of para-hydroxylation sites is 1. The SMILES string of the molecule is CS(=O)(=O)N(CC(=O)Nc1ccccc1)Cc1ccco1. The average Bonchev–Trinajstić information content (AvgIpc) is 2.91. The maximum absolute atomic E-state index is 12.0. The molecule has 7 heteroatoms. The third-order valence-electron chi connectivity index (χ3n) is 2.76. The minimum atomic E-state index is -3.52. The van der Waals surface area contributed by atoms with Crippen molar-refractivity contribution in [3.8, 4) is 0 Å². The second kappa shape index (κ2) is 6.55. The Morgan fingerprint density at radius 1 is 1.19 bits per heavy atom. The number of nitrogens with one attached hydrogen (secondary N) is 1. The first-order chi connectivity index (χ1) is 9.95. The van der Waals surface area contributed by atoms with Gasteiger partial charge in [0.25, 0.3) is 0 Å². The van der Waals surface area contributed by atoms with Crippen LogP contribution in [0.5, 0.6) is 0 Å². The summed E-state index contributed by atoms with van der Waals surface area (Å²) >= 11 is 0. The number of hydrogen-bond acceptors (Lipinski definition) is 4. The number of hydrogen-bond donors (Lipinski definition) is 1. The van der Waals surface area contributed by atoms with Crippen molar-refractivity contribution in [2.24, 2.45) is 0 Å². The number of amides is 1. The van der Waals surface area contributed by atoms with Crippen LogP contribution in [0.1, 0.15) is 5.76 Å². The summed E-state index contributed by atoms with van der Waals surface area (Å²) in [5, 5.41) is 2.65. The molecule has 0 unspecified atom stereocenters. The molecule has 0 bridgehead atoms. The van der Waals surface area contributed by atoms with E-state index >= 15 is 0 Å². The minimum absolute atomic E-state index is 0.0219. The molecular weight excluding hydrogens is 292 g/mol. The van der Waals surface area contributed by atoms with Crippen LogP contribution in [0, 0.1) is 0 Å². The Morgan fingerprint density at radius 3 is 2.48 bits per heavy atom. The van der Waals surface area contributed by atoms with Gasteiger partial charge in [0.2, 0.25) is 15.9 Å². The summed E-state index contributed by atoms with van der Waals surface area (Å²) in [5.74, 6) is 0.0751. The van der Waals surface area contributed by atoms with Crippen LogP contribution < -0.4 is 5.32 Å². The molecule has 6 nitrogen and oxygen atoms in total. The lowest BCUT2D eigenvalue weighted by Gasteiger charge is -2.18. The fourth-order valence-electron chi connectivity index (χ4n) is 1.75. The Morgan fingerprint density at radius 2 is 1.90 bits per heavy atom. The molecule has 0 spiro atoms. The van der Waals surface area contributed by atoms with Gasteiger partial charge in [-0.1, -0.05) is 18.2 Å². The maximum Gasteiger partial charge on any atom is 0.239 e. The molecule has 0 saturated heterocycles. The highest BCUT2D eigenvalue weighted by Gasteiger charge is 2.21. The van der Waals surface area contributed by atoms with Crippen molar-refractivity contribution in [2.75, 3.05) is 18.1 Å². The van der Waals surface area contributed by atoms with Crippen LogP contribution in [-0.2, 0) is 21.4 Å². The highest BCUT2D eigenvalue weighted by atomic mass is 32.2. The van der Waals surface area contributed by atoms with Crippen molar-refractivity contribution in [3.63, 3.8) is 0 Å². The van der Waals surface area contributed by atoms with E-state index in [4.69, 9.17) is 4.42 Å². The van der Waals surface area contributed by atoms with E-state index in [0.717, 1.165) is 10.6 Å². The van der Waals surface area contributed by atoms with Gasteiger partial charge in [0.15, 0.2) is 0 Å². The van der Waals surface area contributed by atoms with Crippen molar-refractivity contribution in [1.82, 2.24) is 4.31 Å². The zero-order chi connectivity index (χ0) is 15.3. The van der Waals surface area contributed by atoms with E-state index in [1.165, 1.54) is 6.26 Å². The largest absolute Gasteiger partial charge is 0.468 e. The quantitative estimate of drug-likeness (QED) is 0.880. The highest BCUT2D eigenvalue weighted by molar-refractivity contribution is 7.88. The van der Waals surface area contributed by atoms with Gasteiger partial charge in [-0.25, -0.2) is 8.42 Å². The van der Waals surface area contributed by atoms with E-state index in [2.05, 4.69) is 5.32 Å². The molecule has 1 N–H and O–H groups in total. The molecule has 2 rings (SSSR count). The lowest BCUT2D eigenvalue weighted by atomic mass is 10.3. The minimum Gasteiger partial charge on any atom is -0.468 e.